The molecule has 3 N–H and O–H groups in total. The van der Waals surface area contributed by atoms with E-state index < -0.39 is 5.54 Å². The summed E-state index contributed by atoms with van der Waals surface area (Å²) in [4.78, 5) is 0. The van der Waals surface area contributed by atoms with Gasteiger partial charge in [-0.25, -0.2) is 0 Å². The van der Waals surface area contributed by atoms with E-state index in [9.17, 15) is 0 Å². The maximum Gasteiger partial charge on any atom is 0.0608 e. The molecule has 3 heteroatoms. The smallest absolute Gasteiger partial charge is 0.0608 e. The minimum Gasteiger partial charge on any atom is -0.394 e. The number of hydrogen-bond donors (Lipinski definition) is 2. The van der Waals surface area contributed by atoms with Gasteiger partial charge in [0.15, 0.2) is 0 Å². The first-order valence-electron chi connectivity index (χ1n) is 5.95. The van der Waals surface area contributed by atoms with Crippen LogP contribution in [0.25, 0.3) is 0 Å². The van der Waals surface area contributed by atoms with E-state index >= 15 is 0 Å². The van der Waals surface area contributed by atoms with Crippen molar-refractivity contribution in [3.05, 3.63) is 0 Å². The zero-order chi connectivity index (χ0) is 11.7. The van der Waals surface area contributed by atoms with Crippen LogP contribution in [0, 0.1) is 5.92 Å². The molecule has 0 fully saturated rings. The van der Waals surface area contributed by atoms with Crippen LogP contribution in [0.1, 0.15) is 46.5 Å². The number of hydrogen-bond acceptors (Lipinski definition) is 3. The lowest BCUT2D eigenvalue weighted by atomic mass is 9.99. The van der Waals surface area contributed by atoms with Crippen molar-refractivity contribution in [3.63, 3.8) is 0 Å². The number of rotatable bonds is 9. The predicted molar refractivity (Wildman–Crippen MR) is 63.8 cm³/mol. The Labute approximate surface area is 94.0 Å². The van der Waals surface area contributed by atoms with Crippen molar-refractivity contribution in [2.24, 2.45) is 11.7 Å². The van der Waals surface area contributed by atoms with E-state index in [0.29, 0.717) is 0 Å². The standard InChI is InChI=1S/C12H27NO2/c1-11(2)6-4-8-15-9-5-7-12(3,13)10-14/h11,14H,4-10,13H2,1-3H3. The maximum atomic E-state index is 8.93. The van der Waals surface area contributed by atoms with Crippen LogP contribution in [0.15, 0.2) is 0 Å². The molecule has 0 radical (unpaired) electrons. The summed E-state index contributed by atoms with van der Waals surface area (Å²) in [6.45, 7) is 7.96. The Morgan fingerprint density at radius 2 is 1.87 bits per heavy atom. The third-order valence-electron chi connectivity index (χ3n) is 2.47. The summed E-state index contributed by atoms with van der Waals surface area (Å²) in [5.74, 6) is 0.760. The van der Waals surface area contributed by atoms with E-state index in [4.69, 9.17) is 15.6 Å². The first kappa shape index (κ1) is 14.9. The summed E-state index contributed by atoms with van der Waals surface area (Å²) in [5, 5.41) is 8.93. The van der Waals surface area contributed by atoms with Gasteiger partial charge in [-0.15, -0.1) is 0 Å². The van der Waals surface area contributed by atoms with E-state index in [1.165, 1.54) is 6.42 Å². The number of nitrogens with two attached hydrogens (primary N) is 1. The van der Waals surface area contributed by atoms with Gasteiger partial charge in [0.05, 0.1) is 6.61 Å². The minimum absolute atomic E-state index is 0.0420. The maximum absolute atomic E-state index is 8.93. The van der Waals surface area contributed by atoms with Crippen molar-refractivity contribution >= 4 is 0 Å². The van der Waals surface area contributed by atoms with Crippen molar-refractivity contribution in [1.82, 2.24) is 0 Å². The van der Waals surface area contributed by atoms with Crippen LogP contribution in [-0.2, 0) is 4.74 Å². The third kappa shape index (κ3) is 10.2. The Morgan fingerprint density at radius 3 is 2.40 bits per heavy atom. The van der Waals surface area contributed by atoms with Crippen LogP contribution in [0.3, 0.4) is 0 Å². The van der Waals surface area contributed by atoms with Gasteiger partial charge in [0.2, 0.25) is 0 Å². The highest BCUT2D eigenvalue weighted by Crippen LogP contribution is 2.08. The molecule has 15 heavy (non-hydrogen) atoms. The lowest BCUT2D eigenvalue weighted by molar-refractivity contribution is 0.113. The first-order valence-corrected chi connectivity index (χ1v) is 5.95. The van der Waals surface area contributed by atoms with Crippen LogP contribution >= 0.6 is 0 Å². The van der Waals surface area contributed by atoms with E-state index in [-0.39, 0.29) is 6.61 Å². The van der Waals surface area contributed by atoms with Gasteiger partial charge in [0, 0.05) is 18.8 Å². The van der Waals surface area contributed by atoms with Gasteiger partial charge in [-0.3, -0.25) is 0 Å². The van der Waals surface area contributed by atoms with Crippen LogP contribution in [0.2, 0.25) is 0 Å². The molecule has 1 atom stereocenters. The van der Waals surface area contributed by atoms with Gasteiger partial charge in [-0.2, -0.15) is 0 Å². The van der Waals surface area contributed by atoms with Crippen LogP contribution in [0.5, 0.6) is 0 Å². The second-order valence-corrected chi connectivity index (χ2v) is 5.06. The van der Waals surface area contributed by atoms with Crippen molar-refractivity contribution in [1.29, 1.82) is 0 Å². The van der Waals surface area contributed by atoms with Gasteiger partial charge in [-0.05, 0) is 38.5 Å². The third-order valence-corrected chi connectivity index (χ3v) is 2.47. The number of aliphatic hydroxyl groups is 1. The van der Waals surface area contributed by atoms with Gasteiger partial charge in [0.25, 0.3) is 0 Å². The highest BCUT2D eigenvalue weighted by atomic mass is 16.5. The Morgan fingerprint density at radius 1 is 1.27 bits per heavy atom. The normalized spacial score (nSPS) is 15.6. The van der Waals surface area contributed by atoms with Crippen LogP contribution < -0.4 is 5.73 Å². The highest BCUT2D eigenvalue weighted by molar-refractivity contribution is 4.76. The fourth-order valence-electron chi connectivity index (χ4n) is 1.35. The molecule has 3 nitrogen and oxygen atoms in total. The minimum atomic E-state index is -0.443. The molecule has 0 bridgehead atoms. The predicted octanol–water partition coefficient (Wildman–Crippen LogP) is 1.93. The summed E-state index contributed by atoms with van der Waals surface area (Å²) < 4.78 is 5.49. The summed E-state index contributed by atoms with van der Waals surface area (Å²) in [6.07, 6.45) is 4.10. The zero-order valence-corrected chi connectivity index (χ0v) is 10.5. The van der Waals surface area contributed by atoms with Crippen molar-refractivity contribution in [2.45, 2.75) is 52.0 Å². The molecular weight excluding hydrogens is 190 g/mol. The van der Waals surface area contributed by atoms with Crippen LogP contribution in [0.4, 0.5) is 0 Å². The molecule has 0 aliphatic carbocycles. The number of aliphatic hydroxyl groups excluding tert-OH is 1. The molecule has 0 aromatic carbocycles. The zero-order valence-electron chi connectivity index (χ0n) is 10.5. The second-order valence-electron chi connectivity index (χ2n) is 5.06. The lowest BCUT2D eigenvalue weighted by Crippen LogP contribution is -2.40. The van der Waals surface area contributed by atoms with E-state index in [1.807, 2.05) is 6.92 Å². The Kier molecular flexibility index (Phi) is 8.02. The van der Waals surface area contributed by atoms with Crippen LogP contribution in [-0.4, -0.2) is 30.5 Å². The average Bonchev–Trinajstić information content (AvgIpc) is 2.16. The molecule has 0 rings (SSSR count). The van der Waals surface area contributed by atoms with E-state index in [1.54, 1.807) is 0 Å². The summed E-state index contributed by atoms with van der Waals surface area (Å²) in [6, 6.07) is 0. The fraction of sp³-hybridized carbons (Fsp3) is 1.00. The van der Waals surface area contributed by atoms with Gasteiger partial charge >= 0.3 is 0 Å². The quantitative estimate of drug-likeness (QED) is 0.580. The molecule has 0 saturated carbocycles. The van der Waals surface area contributed by atoms with Gasteiger partial charge < -0.3 is 15.6 Å². The number of ether oxygens (including phenoxy) is 1. The van der Waals surface area contributed by atoms with Crippen molar-refractivity contribution in [2.75, 3.05) is 19.8 Å². The summed E-state index contributed by atoms with van der Waals surface area (Å²) in [7, 11) is 0. The summed E-state index contributed by atoms with van der Waals surface area (Å²) >= 11 is 0. The Balaban J connectivity index is 3.18. The van der Waals surface area contributed by atoms with E-state index in [0.717, 1.165) is 38.4 Å². The first-order chi connectivity index (χ1) is 6.98. The molecule has 0 aromatic heterocycles. The molecule has 0 amide bonds. The largest absolute Gasteiger partial charge is 0.394 e. The molecule has 0 aliphatic heterocycles. The molecule has 0 aromatic rings. The molecular formula is C12H27NO2. The highest BCUT2D eigenvalue weighted by Gasteiger charge is 2.15. The summed E-state index contributed by atoms with van der Waals surface area (Å²) in [5.41, 5.74) is 5.35. The Hall–Kier alpha value is -0.120. The SMILES string of the molecule is CC(C)CCCOCCCC(C)(N)CO. The molecule has 0 spiro atoms. The van der Waals surface area contributed by atoms with E-state index in [2.05, 4.69) is 13.8 Å². The molecule has 0 heterocycles. The van der Waals surface area contributed by atoms with Crippen molar-refractivity contribution in [3.8, 4) is 0 Å². The molecule has 1 unspecified atom stereocenters. The van der Waals surface area contributed by atoms with Gasteiger partial charge in [0.1, 0.15) is 0 Å². The molecule has 92 valence electrons. The Bertz CT molecular complexity index is 147. The fourth-order valence-corrected chi connectivity index (χ4v) is 1.35. The monoisotopic (exact) mass is 217 g/mol. The second kappa shape index (κ2) is 8.08. The lowest BCUT2D eigenvalue weighted by Gasteiger charge is -2.21. The topological polar surface area (TPSA) is 55.5 Å². The van der Waals surface area contributed by atoms with Gasteiger partial charge in [-0.1, -0.05) is 13.8 Å². The molecule has 0 aliphatic rings. The molecule has 0 saturated heterocycles. The average molecular weight is 217 g/mol. The van der Waals surface area contributed by atoms with Crippen molar-refractivity contribution < 1.29 is 9.84 Å².